The summed E-state index contributed by atoms with van der Waals surface area (Å²) >= 11 is 1.77. The van der Waals surface area contributed by atoms with Gasteiger partial charge in [0.1, 0.15) is 0 Å². The van der Waals surface area contributed by atoms with Crippen molar-refractivity contribution in [2.24, 2.45) is 0 Å². The molecule has 0 unspecified atom stereocenters. The van der Waals surface area contributed by atoms with E-state index in [1.54, 1.807) is 11.8 Å². The Kier molecular flexibility index (Phi) is 5.77. The number of piperazine rings is 1. The summed E-state index contributed by atoms with van der Waals surface area (Å²) in [7, 11) is 0. The molecule has 2 aromatic rings. The van der Waals surface area contributed by atoms with Gasteiger partial charge in [-0.2, -0.15) is 0 Å². The predicted molar refractivity (Wildman–Crippen MR) is 112 cm³/mol. The maximum atomic E-state index is 12.7. The molecule has 26 heavy (non-hydrogen) atoms. The van der Waals surface area contributed by atoms with E-state index in [4.69, 9.17) is 0 Å². The molecule has 0 radical (unpaired) electrons. The molecule has 1 aliphatic heterocycles. The van der Waals surface area contributed by atoms with Crippen molar-refractivity contribution in [1.29, 1.82) is 0 Å². The minimum absolute atomic E-state index is 0.00541. The highest BCUT2D eigenvalue weighted by molar-refractivity contribution is 7.98. The molecular formula is C21H27N3OS. The summed E-state index contributed by atoms with van der Waals surface area (Å²) < 4.78 is 0. The third-order valence-electron chi connectivity index (χ3n) is 5.08. The highest BCUT2D eigenvalue weighted by Gasteiger charge is 2.22. The first-order valence-corrected chi connectivity index (χ1v) is 10.2. The van der Waals surface area contributed by atoms with Crippen LogP contribution in [0.15, 0.2) is 41.3 Å². The van der Waals surface area contributed by atoms with Gasteiger partial charge in [-0.1, -0.05) is 18.2 Å². The summed E-state index contributed by atoms with van der Waals surface area (Å²) in [6, 6.07) is 12.7. The number of urea groups is 1. The smallest absolute Gasteiger partial charge is 0.321 e. The van der Waals surface area contributed by atoms with Gasteiger partial charge in [-0.3, -0.25) is 0 Å². The summed E-state index contributed by atoms with van der Waals surface area (Å²) in [4.78, 5) is 18.2. The van der Waals surface area contributed by atoms with Crippen LogP contribution in [0.5, 0.6) is 0 Å². The number of nitrogens with one attached hydrogen (secondary N) is 1. The molecule has 4 nitrogen and oxygen atoms in total. The first kappa shape index (κ1) is 18.6. The summed E-state index contributed by atoms with van der Waals surface area (Å²) in [5.74, 6) is 0. The molecule has 1 heterocycles. The zero-order valence-electron chi connectivity index (χ0n) is 16.0. The number of amides is 2. The fraction of sp³-hybridized carbons (Fsp3) is 0.381. The van der Waals surface area contributed by atoms with Gasteiger partial charge in [-0.25, -0.2) is 4.79 Å². The summed E-state index contributed by atoms with van der Waals surface area (Å²) in [6.45, 7) is 9.40. The second kappa shape index (κ2) is 8.04. The maximum Gasteiger partial charge on any atom is 0.321 e. The number of hydrogen-bond acceptors (Lipinski definition) is 3. The molecule has 0 bridgehead atoms. The Labute approximate surface area is 160 Å². The lowest BCUT2D eigenvalue weighted by atomic mass is 10.1. The number of nitrogens with zero attached hydrogens (tertiary/aromatic N) is 2. The van der Waals surface area contributed by atoms with E-state index in [0.717, 1.165) is 37.4 Å². The zero-order chi connectivity index (χ0) is 18.7. The molecule has 3 rings (SSSR count). The first-order chi connectivity index (χ1) is 12.5. The van der Waals surface area contributed by atoms with Gasteiger partial charge >= 0.3 is 6.03 Å². The van der Waals surface area contributed by atoms with E-state index in [9.17, 15) is 4.79 Å². The minimum Gasteiger partial charge on any atom is -0.367 e. The van der Waals surface area contributed by atoms with Crippen LogP contribution in [0.4, 0.5) is 16.2 Å². The Morgan fingerprint density at radius 3 is 2.31 bits per heavy atom. The van der Waals surface area contributed by atoms with Gasteiger partial charge in [0.15, 0.2) is 0 Å². The topological polar surface area (TPSA) is 35.6 Å². The van der Waals surface area contributed by atoms with Crippen molar-refractivity contribution >= 4 is 29.2 Å². The molecule has 1 saturated heterocycles. The quantitative estimate of drug-likeness (QED) is 0.798. The molecule has 0 atom stereocenters. The van der Waals surface area contributed by atoms with E-state index >= 15 is 0 Å². The van der Waals surface area contributed by atoms with Crippen molar-refractivity contribution in [3.8, 4) is 0 Å². The molecule has 2 aromatic carbocycles. The van der Waals surface area contributed by atoms with Crippen LogP contribution in [0.3, 0.4) is 0 Å². The number of rotatable bonds is 3. The van der Waals surface area contributed by atoms with E-state index in [0.29, 0.717) is 0 Å². The van der Waals surface area contributed by atoms with Gasteiger partial charge in [-0.15, -0.1) is 11.8 Å². The van der Waals surface area contributed by atoms with Crippen LogP contribution in [0.2, 0.25) is 0 Å². The number of carbonyl (C=O) groups is 1. The largest absolute Gasteiger partial charge is 0.367 e. The standard InChI is InChI=1S/C21H27N3OS/c1-15-13-17(3)18(14-16(15)2)22-21(25)24-11-9-23(10-12-24)19-7-5-6-8-20(19)26-4/h5-8,13-14H,9-12H2,1-4H3,(H,22,25). The van der Waals surface area contributed by atoms with Crippen LogP contribution >= 0.6 is 11.8 Å². The lowest BCUT2D eigenvalue weighted by Crippen LogP contribution is -2.50. The Morgan fingerprint density at radius 2 is 1.62 bits per heavy atom. The highest BCUT2D eigenvalue weighted by Crippen LogP contribution is 2.29. The van der Waals surface area contributed by atoms with Gasteiger partial charge in [0, 0.05) is 36.8 Å². The van der Waals surface area contributed by atoms with E-state index in [1.807, 2.05) is 11.8 Å². The Balaban J connectivity index is 1.63. The average Bonchev–Trinajstić information content (AvgIpc) is 2.66. The average molecular weight is 370 g/mol. The monoisotopic (exact) mass is 369 g/mol. The lowest BCUT2D eigenvalue weighted by Gasteiger charge is -2.36. The fourth-order valence-electron chi connectivity index (χ4n) is 3.33. The van der Waals surface area contributed by atoms with Crippen molar-refractivity contribution in [2.45, 2.75) is 25.7 Å². The van der Waals surface area contributed by atoms with Crippen molar-refractivity contribution < 1.29 is 4.79 Å². The Bertz CT molecular complexity index is 798. The Morgan fingerprint density at radius 1 is 0.962 bits per heavy atom. The molecule has 0 aromatic heterocycles. The van der Waals surface area contributed by atoms with Crippen LogP contribution in [0, 0.1) is 20.8 Å². The van der Waals surface area contributed by atoms with E-state index in [-0.39, 0.29) is 6.03 Å². The summed E-state index contributed by atoms with van der Waals surface area (Å²) in [5, 5.41) is 3.09. The van der Waals surface area contributed by atoms with Gasteiger partial charge in [0.2, 0.25) is 0 Å². The Hall–Kier alpha value is -2.14. The SMILES string of the molecule is CSc1ccccc1N1CCN(C(=O)Nc2cc(C)c(C)cc2C)CC1. The number of anilines is 2. The van der Waals surface area contributed by atoms with Crippen LogP contribution in [0.25, 0.3) is 0 Å². The second-order valence-electron chi connectivity index (χ2n) is 6.83. The summed E-state index contributed by atoms with van der Waals surface area (Å²) in [6.07, 6.45) is 2.11. The molecule has 1 aliphatic rings. The van der Waals surface area contributed by atoms with Gasteiger partial charge in [-0.05, 0) is 61.9 Å². The molecule has 2 amide bonds. The first-order valence-electron chi connectivity index (χ1n) is 9.01. The number of benzene rings is 2. The molecule has 0 aliphatic carbocycles. The van der Waals surface area contributed by atoms with Crippen LogP contribution < -0.4 is 10.2 Å². The predicted octanol–water partition coefficient (Wildman–Crippen LogP) is 4.69. The number of thioether (sulfide) groups is 1. The van der Waals surface area contributed by atoms with Gasteiger partial charge < -0.3 is 15.1 Å². The third kappa shape index (κ3) is 3.98. The normalized spacial score (nSPS) is 14.5. The highest BCUT2D eigenvalue weighted by atomic mass is 32.2. The number of carbonyl (C=O) groups excluding carboxylic acids is 1. The molecule has 5 heteroatoms. The van der Waals surface area contributed by atoms with Crippen LogP contribution in [0.1, 0.15) is 16.7 Å². The molecule has 138 valence electrons. The van der Waals surface area contributed by atoms with Crippen molar-refractivity contribution in [3.63, 3.8) is 0 Å². The zero-order valence-corrected chi connectivity index (χ0v) is 16.8. The molecule has 1 fully saturated rings. The van der Waals surface area contributed by atoms with E-state index in [2.05, 4.69) is 66.7 Å². The summed E-state index contributed by atoms with van der Waals surface area (Å²) in [5.41, 5.74) is 5.73. The number of para-hydroxylation sites is 1. The van der Waals surface area contributed by atoms with Crippen molar-refractivity contribution in [2.75, 3.05) is 42.7 Å². The second-order valence-corrected chi connectivity index (χ2v) is 7.68. The van der Waals surface area contributed by atoms with Gasteiger partial charge in [0.25, 0.3) is 0 Å². The van der Waals surface area contributed by atoms with Crippen molar-refractivity contribution in [3.05, 3.63) is 53.1 Å². The molecule has 1 N–H and O–H groups in total. The van der Waals surface area contributed by atoms with Crippen LogP contribution in [-0.2, 0) is 0 Å². The fourth-order valence-corrected chi connectivity index (χ4v) is 3.95. The van der Waals surface area contributed by atoms with E-state index in [1.165, 1.54) is 21.7 Å². The molecular weight excluding hydrogens is 342 g/mol. The third-order valence-corrected chi connectivity index (χ3v) is 5.86. The minimum atomic E-state index is -0.00541. The van der Waals surface area contributed by atoms with Crippen LogP contribution in [-0.4, -0.2) is 43.4 Å². The molecule has 0 saturated carbocycles. The van der Waals surface area contributed by atoms with E-state index < -0.39 is 0 Å². The molecule has 0 spiro atoms. The number of aryl methyl sites for hydroxylation is 3. The lowest BCUT2D eigenvalue weighted by molar-refractivity contribution is 0.208. The van der Waals surface area contributed by atoms with Crippen molar-refractivity contribution in [1.82, 2.24) is 4.90 Å². The maximum absolute atomic E-state index is 12.7. The number of hydrogen-bond donors (Lipinski definition) is 1. The van der Waals surface area contributed by atoms with Gasteiger partial charge in [0.05, 0.1) is 5.69 Å².